The molecule has 0 amide bonds. The van der Waals surface area contributed by atoms with Gasteiger partial charge in [-0.15, -0.1) is 0 Å². The van der Waals surface area contributed by atoms with Gasteiger partial charge < -0.3 is 5.73 Å². The molecule has 0 aliphatic rings. The lowest BCUT2D eigenvalue weighted by Crippen LogP contribution is -2.12. The van der Waals surface area contributed by atoms with Gasteiger partial charge in [-0.2, -0.15) is 0 Å². The maximum atomic E-state index is 13.4. The summed E-state index contributed by atoms with van der Waals surface area (Å²) < 4.78 is 13.9. The molecule has 3 heteroatoms. The van der Waals surface area contributed by atoms with Crippen LogP contribution in [-0.4, -0.2) is 0 Å². The highest BCUT2D eigenvalue weighted by molar-refractivity contribution is 9.10. The first-order valence-electron chi connectivity index (χ1n) is 5.92. The van der Waals surface area contributed by atoms with Gasteiger partial charge in [0.1, 0.15) is 5.82 Å². The van der Waals surface area contributed by atoms with E-state index in [1.54, 1.807) is 6.07 Å². The Morgan fingerprint density at radius 2 is 1.78 bits per heavy atom. The molecule has 0 spiro atoms. The molecule has 0 fully saturated rings. The van der Waals surface area contributed by atoms with Crippen molar-refractivity contribution >= 4 is 15.9 Å². The van der Waals surface area contributed by atoms with Gasteiger partial charge in [-0.1, -0.05) is 42.5 Å². The first-order valence-corrected chi connectivity index (χ1v) is 6.71. The topological polar surface area (TPSA) is 26.0 Å². The molecule has 1 atom stereocenters. The average Bonchev–Trinajstić information content (AvgIpc) is 2.40. The fraction of sp³-hybridized carbons (Fsp3) is 0.200. The molecule has 1 nitrogen and oxygen atoms in total. The standard InChI is InChI=1S/C15H15BrFN/c16-15-12(7-4-8-13(15)17)14(18)10-9-11-5-2-1-3-6-11/h1-8,14H,9-10,18H2. The molecule has 2 aromatic carbocycles. The van der Waals surface area contributed by atoms with E-state index in [-0.39, 0.29) is 11.9 Å². The smallest absolute Gasteiger partial charge is 0.137 e. The fourth-order valence-electron chi connectivity index (χ4n) is 1.93. The lowest BCUT2D eigenvalue weighted by molar-refractivity contribution is 0.601. The minimum absolute atomic E-state index is 0.157. The van der Waals surface area contributed by atoms with Crippen LogP contribution < -0.4 is 5.73 Å². The molecule has 2 aromatic rings. The van der Waals surface area contributed by atoms with Gasteiger partial charge in [0.05, 0.1) is 4.47 Å². The fourth-order valence-corrected chi connectivity index (χ4v) is 2.49. The van der Waals surface area contributed by atoms with Gasteiger partial charge in [0.15, 0.2) is 0 Å². The zero-order valence-electron chi connectivity index (χ0n) is 9.94. The van der Waals surface area contributed by atoms with E-state index in [9.17, 15) is 4.39 Å². The third-order valence-electron chi connectivity index (χ3n) is 2.97. The van der Waals surface area contributed by atoms with Gasteiger partial charge in [-0.25, -0.2) is 4.39 Å². The van der Waals surface area contributed by atoms with Crippen molar-refractivity contribution in [1.82, 2.24) is 0 Å². The van der Waals surface area contributed by atoms with E-state index >= 15 is 0 Å². The predicted molar refractivity (Wildman–Crippen MR) is 75.8 cm³/mol. The van der Waals surface area contributed by atoms with Crippen LogP contribution >= 0.6 is 15.9 Å². The zero-order chi connectivity index (χ0) is 13.0. The van der Waals surface area contributed by atoms with Crippen LogP contribution in [0.5, 0.6) is 0 Å². The van der Waals surface area contributed by atoms with Crippen LogP contribution in [-0.2, 0) is 6.42 Å². The van der Waals surface area contributed by atoms with Crippen molar-refractivity contribution in [2.75, 3.05) is 0 Å². The Labute approximate surface area is 115 Å². The molecule has 2 rings (SSSR count). The molecule has 0 bridgehead atoms. The first kappa shape index (κ1) is 13.2. The Balaban J connectivity index is 2.04. The Hall–Kier alpha value is -1.19. The number of hydrogen-bond acceptors (Lipinski definition) is 1. The van der Waals surface area contributed by atoms with Crippen molar-refractivity contribution < 1.29 is 4.39 Å². The molecular weight excluding hydrogens is 293 g/mol. The molecule has 2 N–H and O–H groups in total. The molecule has 0 saturated carbocycles. The van der Waals surface area contributed by atoms with E-state index in [0.717, 1.165) is 18.4 Å². The van der Waals surface area contributed by atoms with Gasteiger partial charge in [-0.3, -0.25) is 0 Å². The summed E-state index contributed by atoms with van der Waals surface area (Å²) in [6.07, 6.45) is 1.69. The molecule has 0 aliphatic carbocycles. The second-order valence-electron chi connectivity index (χ2n) is 4.27. The summed E-state index contributed by atoms with van der Waals surface area (Å²) in [5, 5.41) is 0. The van der Waals surface area contributed by atoms with Gasteiger partial charge in [0.2, 0.25) is 0 Å². The predicted octanol–water partition coefficient (Wildman–Crippen LogP) is 4.22. The van der Waals surface area contributed by atoms with Crippen LogP contribution in [0.3, 0.4) is 0 Å². The quantitative estimate of drug-likeness (QED) is 0.899. The molecule has 0 radical (unpaired) electrons. The van der Waals surface area contributed by atoms with Gasteiger partial charge in [0.25, 0.3) is 0 Å². The van der Waals surface area contributed by atoms with Gasteiger partial charge >= 0.3 is 0 Å². The Morgan fingerprint density at radius 3 is 2.50 bits per heavy atom. The van der Waals surface area contributed by atoms with Crippen LogP contribution in [0.15, 0.2) is 53.0 Å². The van der Waals surface area contributed by atoms with Crippen molar-refractivity contribution in [1.29, 1.82) is 0 Å². The van der Waals surface area contributed by atoms with E-state index in [1.165, 1.54) is 11.6 Å². The van der Waals surface area contributed by atoms with Crippen molar-refractivity contribution in [3.05, 3.63) is 69.9 Å². The minimum Gasteiger partial charge on any atom is -0.324 e. The summed E-state index contributed by atoms with van der Waals surface area (Å²) in [4.78, 5) is 0. The maximum Gasteiger partial charge on any atom is 0.137 e. The molecule has 94 valence electrons. The van der Waals surface area contributed by atoms with E-state index in [0.29, 0.717) is 4.47 Å². The number of nitrogens with two attached hydrogens (primary N) is 1. The van der Waals surface area contributed by atoms with Crippen LogP contribution in [0, 0.1) is 5.82 Å². The van der Waals surface area contributed by atoms with Crippen molar-refractivity contribution in [2.24, 2.45) is 5.73 Å². The molecule has 0 heterocycles. The Morgan fingerprint density at radius 1 is 1.06 bits per heavy atom. The number of rotatable bonds is 4. The number of hydrogen-bond donors (Lipinski definition) is 1. The second kappa shape index (κ2) is 6.12. The third-order valence-corrected chi connectivity index (χ3v) is 3.80. The highest BCUT2D eigenvalue weighted by Gasteiger charge is 2.12. The first-order chi connectivity index (χ1) is 8.68. The van der Waals surface area contributed by atoms with E-state index < -0.39 is 0 Å². The summed E-state index contributed by atoms with van der Waals surface area (Å²) >= 11 is 3.25. The minimum atomic E-state index is -0.261. The van der Waals surface area contributed by atoms with Gasteiger partial charge in [-0.05, 0) is 46.0 Å². The van der Waals surface area contributed by atoms with Crippen molar-refractivity contribution in [3.63, 3.8) is 0 Å². The van der Waals surface area contributed by atoms with E-state index in [4.69, 9.17) is 5.73 Å². The number of aryl methyl sites for hydroxylation is 1. The lowest BCUT2D eigenvalue weighted by Gasteiger charge is -2.14. The number of benzene rings is 2. The molecule has 0 aliphatic heterocycles. The maximum absolute atomic E-state index is 13.4. The Bertz CT molecular complexity index is 513. The summed E-state index contributed by atoms with van der Waals surface area (Å²) in [7, 11) is 0. The largest absolute Gasteiger partial charge is 0.324 e. The molecular formula is C15H15BrFN. The molecule has 18 heavy (non-hydrogen) atoms. The third kappa shape index (κ3) is 3.18. The molecule has 0 saturated heterocycles. The molecule has 0 aromatic heterocycles. The summed E-state index contributed by atoms with van der Waals surface area (Å²) in [6, 6.07) is 15.0. The van der Waals surface area contributed by atoms with Crippen LogP contribution in [0.1, 0.15) is 23.6 Å². The van der Waals surface area contributed by atoms with Crippen LogP contribution in [0.4, 0.5) is 4.39 Å². The second-order valence-corrected chi connectivity index (χ2v) is 5.07. The number of halogens is 2. The van der Waals surface area contributed by atoms with E-state index in [1.807, 2.05) is 24.3 Å². The Kier molecular flexibility index (Phi) is 4.50. The van der Waals surface area contributed by atoms with Crippen LogP contribution in [0.2, 0.25) is 0 Å². The lowest BCUT2D eigenvalue weighted by atomic mass is 10.00. The van der Waals surface area contributed by atoms with Crippen LogP contribution in [0.25, 0.3) is 0 Å². The highest BCUT2D eigenvalue weighted by Crippen LogP contribution is 2.27. The van der Waals surface area contributed by atoms with Gasteiger partial charge in [0, 0.05) is 6.04 Å². The summed E-state index contributed by atoms with van der Waals surface area (Å²) in [5.74, 6) is -0.261. The van der Waals surface area contributed by atoms with E-state index in [2.05, 4.69) is 28.1 Å². The zero-order valence-corrected chi connectivity index (χ0v) is 11.5. The monoisotopic (exact) mass is 307 g/mol. The average molecular weight is 308 g/mol. The van der Waals surface area contributed by atoms with Crippen molar-refractivity contribution in [3.8, 4) is 0 Å². The normalized spacial score (nSPS) is 12.4. The molecule has 1 unspecified atom stereocenters. The summed E-state index contributed by atoms with van der Waals surface area (Å²) in [5.41, 5.74) is 8.19. The van der Waals surface area contributed by atoms with Crippen molar-refractivity contribution in [2.45, 2.75) is 18.9 Å². The summed E-state index contributed by atoms with van der Waals surface area (Å²) in [6.45, 7) is 0. The SMILES string of the molecule is NC(CCc1ccccc1)c1cccc(F)c1Br. The highest BCUT2D eigenvalue weighted by atomic mass is 79.9.